The first-order chi connectivity index (χ1) is 17.9. The van der Waals surface area contributed by atoms with E-state index in [0.717, 1.165) is 40.1 Å². The molecule has 0 aliphatic heterocycles. The lowest BCUT2D eigenvalue weighted by molar-refractivity contribution is -0.116. The molecule has 37 heavy (non-hydrogen) atoms. The smallest absolute Gasteiger partial charge is 0.315 e. The quantitative estimate of drug-likeness (QED) is 0.299. The topological polar surface area (TPSA) is 79.3 Å². The van der Waals surface area contributed by atoms with Crippen LogP contribution in [0.15, 0.2) is 78.9 Å². The van der Waals surface area contributed by atoms with Crippen LogP contribution in [0.2, 0.25) is 0 Å². The van der Waals surface area contributed by atoms with Crippen LogP contribution in [0.5, 0.6) is 0 Å². The monoisotopic (exact) mass is 495 g/mol. The van der Waals surface area contributed by atoms with Crippen LogP contribution in [-0.4, -0.2) is 39.7 Å². The van der Waals surface area contributed by atoms with Gasteiger partial charge >= 0.3 is 6.03 Å². The number of nitrogens with zero attached hydrogens (tertiary/aromatic N) is 3. The zero-order valence-electron chi connectivity index (χ0n) is 21.8. The summed E-state index contributed by atoms with van der Waals surface area (Å²) in [6.45, 7) is 8.30. The van der Waals surface area contributed by atoms with Gasteiger partial charge in [0.1, 0.15) is 12.4 Å². The van der Waals surface area contributed by atoms with Crippen molar-refractivity contribution in [2.75, 3.05) is 23.7 Å². The molecule has 3 amide bonds. The van der Waals surface area contributed by atoms with Crippen molar-refractivity contribution in [2.45, 2.75) is 34.1 Å². The van der Waals surface area contributed by atoms with E-state index in [9.17, 15) is 9.59 Å². The fourth-order valence-corrected chi connectivity index (χ4v) is 4.17. The molecule has 1 aromatic heterocycles. The van der Waals surface area contributed by atoms with Crippen molar-refractivity contribution in [3.05, 3.63) is 95.7 Å². The number of hydrogen-bond donors (Lipinski definition) is 2. The first-order valence-corrected chi connectivity index (χ1v) is 12.5. The van der Waals surface area contributed by atoms with E-state index in [1.807, 2.05) is 107 Å². The number of hydrogen-bond acceptors (Lipinski definition) is 3. The second kappa shape index (κ2) is 11.6. The molecule has 0 bridgehead atoms. The molecule has 0 aliphatic carbocycles. The van der Waals surface area contributed by atoms with Crippen LogP contribution < -0.4 is 10.6 Å². The summed E-state index contributed by atoms with van der Waals surface area (Å²) in [6.07, 6.45) is 0.726. The van der Waals surface area contributed by atoms with Crippen LogP contribution in [0.25, 0.3) is 16.8 Å². The third-order valence-corrected chi connectivity index (χ3v) is 6.08. The second-order valence-corrected chi connectivity index (χ2v) is 9.19. The van der Waals surface area contributed by atoms with Crippen molar-refractivity contribution in [1.29, 1.82) is 0 Å². The van der Waals surface area contributed by atoms with Gasteiger partial charge in [-0.25, -0.2) is 9.48 Å². The number of anilines is 2. The summed E-state index contributed by atoms with van der Waals surface area (Å²) < 4.78 is 1.76. The third kappa shape index (κ3) is 6.25. The van der Waals surface area contributed by atoms with E-state index in [2.05, 4.69) is 10.6 Å². The SMILES string of the molecule is CCCN(CC(=O)Nc1c(-c2ccccc2)c(C)nn1-c1ccc(C)cc1)C(=O)Nc1ccc(C)cc1. The Labute approximate surface area is 218 Å². The highest BCUT2D eigenvalue weighted by Gasteiger charge is 2.22. The van der Waals surface area contributed by atoms with E-state index in [1.165, 1.54) is 4.90 Å². The summed E-state index contributed by atoms with van der Waals surface area (Å²) in [5.74, 6) is 0.283. The molecule has 0 aliphatic rings. The zero-order chi connectivity index (χ0) is 26.4. The zero-order valence-corrected chi connectivity index (χ0v) is 21.8. The second-order valence-electron chi connectivity index (χ2n) is 9.19. The molecule has 7 nitrogen and oxygen atoms in total. The van der Waals surface area contributed by atoms with Crippen molar-refractivity contribution in [3.8, 4) is 16.8 Å². The van der Waals surface area contributed by atoms with Gasteiger partial charge in [0.2, 0.25) is 5.91 Å². The van der Waals surface area contributed by atoms with Crippen LogP contribution in [-0.2, 0) is 4.79 Å². The van der Waals surface area contributed by atoms with Crippen LogP contribution in [0.4, 0.5) is 16.3 Å². The van der Waals surface area contributed by atoms with E-state index >= 15 is 0 Å². The lowest BCUT2D eigenvalue weighted by Gasteiger charge is -2.22. The summed E-state index contributed by atoms with van der Waals surface area (Å²) in [4.78, 5) is 27.9. The molecule has 4 rings (SSSR count). The van der Waals surface area contributed by atoms with Crippen LogP contribution >= 0.6 is 0 Å². The maximum absolute atomic E-state index is 13.4. The Morgan fingerprint density at radius 1 is 0.838 bits per heavy atom. The van der Waals surface area contributed by atoms with E-state index in [0.29, 0.717) is 18.1 Å². The molecule has 3 aromatic carbocycles. The molecule has 0 radical (unpaired) electrons. The predicted molar refractivity (Wildman–Crippen MR) is 149 cm³/mol. The molecule has 0 atom stereocenters. The Hall–Kier alpha value is -4.39. The number of carbonyl (C=O) groups excluding carboxylic acids is 2. The van der Waals surface area contributed by atoms with Crippen molar-refractivity contribution in [3.63, 3.8) is 0 Å². The van der Waals surface area contributed by atoms with Gasteiger partial charge in [-0.3, -0.25) is 4.79 Å². The lowest BCUT2D eigenvalue weighted by Crippen LogP contribution is -2.41. The summed E-state index contributed by atoms with van der Waals surface area (Å²) in [5.41, 5.74) is 6.38. The molecule has 7 heteroatoms. The van der Waals surface area contributed by atoms with E-state index in [-0.39, 0.29) is 18.5 Å². The predicted octanol–water partition coefficient (Wildman–Crippen LogP) is 6.35. The third-order valence-electron chi connectivity index (χ3n) is 6.08. The Bertz CT molecular complexity index is 1360. The maximum atomic E-state index is 13.4. The molecule has 0 spiro atoms. The maximum Gasteiger partial charge on any atom is 0.322 e. The highest BCUT2D eigenvalue weighted by atomic mass is 16.2. The van der Waals surface area contributed by atoms with Gasteiger partial charge in [-0.05, 0) is 57.0 Å². The van der Waals surface area contributed by atoms with Gasteiger partial charge in [0.25, 0.3) is 0 Å². The van der Waals surface area contributed by atoms with Crippen molar-refractivity contribution < 1.29 is 9.59 Å². The summed E-state index contributed by atoms with van der Waals surface area (Å²) >= 11 is 0. The number of benzene rings is 3. The average Bonchev–Trinajstić information content (AvgIpc) is 3.21. The standard InChI is InChI=1S/C30H33N5O2/c1-5-19-34(30(37)31-25-15-11-21(2)12-16-25)20-27(36)32-29-28(24-9-7-6-8-10-24)23(4)33-35(29)26-17-13-22(3)14-18-26/h6-18H,5,19-20H2,1-4H3,(H,31,37)(H,32,36). The van der Waals surface area contributed by atoms with Gasteiger partial charge in [0, 0.05) is 17.8 Å². The average molecular weight is 496 g/mol. The van der Waals surface area contributed by atoms with Crippen molar-refractivity contribution in [1.82, 2.24) is 14.7 Å². The number of nitrogens with one attached hydrogen (secondary N) is 2. The van der Waals surface area contributed by atoms with Gasteiger partial charge in [0.15, 0.2) is 0 Å². The van der Waals surface area contributed by atoms with Gasteiger partial charge in [0.05, 0.1) is 11.4 Å². The molecule has 1 heterocycles. The number of rotatable bonds is 8. The van der Waals surface area contributed by atoms with Gasteiger partial charge < -0.3 is 15.5 Å². The highest BCUT2D eigenvalue weighted by Crippen LogP contribution is 2.33. The van der Waals surface area contributed by atoms with Crippen LogP contribution in [0, 0.1) is 20.8 Å². The summed E-state index contributed by atoms with van der Waals surface area (Å²) in [6, 6.07) is 25.1. The van der Waals surface area contributed by atoms with Gasteiger partial charge in [-0.1, -0.05) is 72.6 Å². The highest BCUT2D eigenvalue weighted by molar-refractivity contribution is 5.99. The molecule has 2 N–H and O–H groups in total. The van der Waals surface area contributed by atoms with Crippen LogP contribution in [0.1, 0.15) is 30.2 Å². The number of aromatic nitrogens is 2. The number of amides is 3. The van der Waals surface area contributed by atoms with Crippen molar-refractivity contribution >= 4 is 23.4 Å². The minimum absolute atomic E-state index is 0.0854. The fraction of sp³-hybridized carbons (Fsp3) is 0.233. The lowest BCUT2D eigenvalue weighted by atomic mass is 10.1. The number of urea groups is 1. The Balaban J connectivity index is 1.61. The summed E-state index contributed by atoms with van der Waals surface area (Å²) in [7, 11) is 0. The fourth-order valence-electron chi connectivity index (χ4n) is 4.17. The number of aryl methyl sites for hydroxylation is 3. The molecular weight excluding hydrogens is 462 g/mol. The molecule has 0 saturated heterocycles. The number of carbonyl (C=O) groups is 2. The van der Waals surface area contributed by atoms with E-state index in [1.54, 1.807) is 4.68 Å². The van der Waals surface area contributed by atoms with Crippen LogP contribution in [0.3, 0.4) is 0 Å². The minimum Gasteiger partial charge on any atom is -0.315 e. The molecule has 4 aromatic rings. The molecule has 0 fully saturated rings. The molecule has 190 valence electrons. The van der Waals surface area contributed by atoms with Crippen molar-refractivity contribution in [2.24, 2.45) is 0 Å². The summed E-state index contributed by atoms with van der Waals surface area (Å²) in [5, 5.41) is 10.7. The Kier molecular flexibility index (Phi) is 8.03. The molecular formula is C30H33N5O2. The van der Waals surface area contributed by atoms with Gasteiger partial charge in [-0.15, -0.1) is 0 Å². The van der Waals surface area contributed by atoms with E-state index in [4.69, 9.17) is 5.10 Å². The Morgan fingerprint density at radius 3 is 2.08 bits per heavy atom. The van der Waals surface area contributed by atoms with Gasteiger partial charge in [-0.2, -0.15) is 5.10 Å². The molecule has 0 unspecified atom stereocenters. The van der Waals surface area contributed by atoms with E-state index < -0.39 is 0 Å². The first-order valence-electron chi connectivity index (χ1n) is 12.5. The Morgan fingerprint density at radius 2 is 1.46 bits per heavy atom. The minimum atomic E-state index is -0.313. The largest absolute Gasteiger partial charge is 0.322 e. The molecule has 0 saturated carbocycles. The first kappa shape index (κ1) is 25.7. The normalized spacial score (nSPS) is 10.7.